The van der Waals surface area contributed by atoms with Crippen LogP contribution < -0.4 is 23.4 Å². The lowest BCUT2D eigenvalue weighted by Gasteiger charge is -2.21. The Bertz CT molecular complexity index is 952. The Morgan fingerprint density at radius 3 is 1.84 bits per heavy atom. The lowest BCUT2D eigenvalue weighted by atomic mass is 10.2. The van der Waals surface area contributed by atoms with E-state index in [0.29, 0.717) is 11.5 Å². The van der Waals surface area contributed by atoms with E-state index >= 15 is 0 Å². The number of ketones is 1. The van der Waals surface area contributed by atoms with Crippen LogP contribution in [0.15, 0.2) is 40.6 Å². The molecule has 2 aromatic carbocycles. The first-order chi connectivity index (χ1) is 14.8. The summed E-state index contributed by atoms with van der Waals surface area (Å²) in [5.74, 6) is -0.283. The summed E-state index contributed by atoms with van der Waals surface area (Å²) in [7, 11) is 5.68. The summed E-state index contributed by atoms with van der Waals surface area (Å²) in [5, 5.41) is 8.13. The van der Waals surface area contributed by atoms with Crippen molar-refractivity contribution in [3.05, 3.63) is 35.4 Å². The molecule has 31 heavy (non-hydrogen) atoms. The smallest absolute Gasteiger partial charge is 0.276 e. The van der Waals surface area contributed by atoms with E-state index in [4.69, 9.17) is 42.3 Å². The molecule has 2 rings (SSSR count). The zero-order valence-corrected chi connectivity index (χ0v) is 19.0. The largest absolute Gasteiger partial charge is 0.495 e. The lowest BCUT2D eigenvalue weighted by Crippen LogP contribution is -2.36. The van der Waals surface area contributed by atoms with Gasteiger partial charge in [0, 0.05) is 23.9 Å². The van der Waals surface area contributed by atoms with E-state index in [1.54, 1.807) is 18.2 Å². The third kappa shape index (κ3) is 5.36. The van der Waals surface area contributed by atoms with Crippen molar-refractivity contribution in [2.75, 3.05) is 32.9 Å². The molecule has 2 aromatic rings. The summed E-state index contributed by atoms with van der Waals surface area (Å²) in [4.78, 5) is 25.1. The van der Waals surface area contributed by atoms with Crippen LogP contribution in [0.1, 0.15) is 6.92 Å². The number of azo groups is 1. The van der Waals surface area contributed by atoms with Crippen LogP contribution in [0.4, 0.5) is 11.4 Å². The Hall–Kier alpha value is -3.04. The zero-order chi connectivity index (χ0) is 23.1. The van der Waals surface area contributed by atoms with Crippen molar-refractivity contribution < 1.29 is 28.5 Å². The third-order valence-corrected chi connectivity index (χ3v) is 4.84. The van der Waals surface area contributed by atoms with Crippen molar-refractivity contribution in [3.63, 3.8) is 0 Å². The summed E-state index contributed by atoms with van der Waals surface area (Å²) in [6, 6.07) is 6.31. The van der Waals surface area contributed by atoms with Gasteiger partial charge in [0.1, 0.15) is 33.7 Å². The highest BCUT2D eigenvalue weighted by Crippen LogP contribution is 2.40. The first kappa shape index (κ1) is 24.2. The van der Waals surface area contributed by atoms with E-state index in [-0.39, 0.29) is 27.9 Å². The predicted octanol–water partition coefficient (Wildman–Crippen LogP) is 4.60. The van der Waals surface area contributed by atoms with Crippen molar-refractivity contribution in [2.24, 2.45) is 10.2 Å². The number of rotatable bonds is 9. The first-order valence-electron chi connectivity index (χ1n) is 8.82. The molecule has 0 fully saturated rings. The van der Waals surface area contributed by atoms with Crippen LogP contribution in [-0.2, 0) is 9.59 Å². The summed E-state index contributed by atoms with van der Waals surface area (Å²) < 4.78 is 21.6. The van der Waals surface area contributed by atoms with Crippen molar-refractivity contribution in [1.29, 1.82) is 0 Å². The van der Waals surface area contributed by atoms with Crippen LogP contribution in [-0.4, -0.2) is 46.2 Å². The monoisotopic (exact) mass is 469 g/mol. The van der Waals surface area contributed by atoms with E-state index in [9.17, 15) is 9.59 Å². The zero-order valence-electron chi connectivity index (χ0n) is 17.5. The highest BCUT2D eigenvalue weighted by molar-refractivity contribution is 6.40. The fraction of sp³-hybridized carbons (Fsp3) is 0.300. The fourth-order valence-corrected chi connectivity index (χ4v) is 3.11. The van der Waals surface area contributed by atoms with Crippen LogP contribution in [0.2, 0.25) is 5.02 Å². The van der Waals surface area contributed by atoms with Crippen LogP contribution in [0.5, 0.6) is 23.0 Å². The highest BCUT2D eigenvalue weighted by atomic mass is 35.5. The average molecular weight is 470 g/mol. The number of para-hydroxylation sites is 1. The van der Waals surface area contributed by atoms with Crippen molar-refractivity contribution in [1.82, 2.24) is 0 Å². The molecule has 0 saturated heterocycles. The van der Waals surface area contributed by atoms with Gasteiger partial charge in [-0.15, -0.1) is 0 Å². The van der Waals surface area contributed by atoms with Gasteiger partial charge in [-0.05, 0) is 19.1 Å². The quantitative estimate of drug-likeness (QED) is 0.302. The van der Waals surface area contributed by atoms with Gasteiger partial charge in [0.05, 0.1) is 34.1 Å². The van der Waals surface area contributed by atoms with E-state index < -0.39 is 17.7 Å². The average Bonchev–Trinajstić information content (AvgIpc) is 2.78. The van der Waals surface area contributed by atoms with E-state index in [1.807, 2.05) is 0 Å². The number of halogens is 2. The molecule has 0 spiro atoms. The van der Waals surface area contributed by atoms with E-state index in [1.165, 1.54) is 47.5 Å². The standard InChI is InChI=1S/C20H21Cl2N3O6/c1-11(26)18(24-23-12-9-15(30-4)17(21)16(10-12)31-5)20(27)25(22)19-13(28-2)7-6-8-14(19)29-3/h6-10,18H,1-5H3. The number of nitrogens with zero attached hydrogens (tertiary/aromatic N) is 3. The molecule has 9 nitrogen and oxygen atoms in total. The van der Waals surface area contributed by atoms with Crippen LogP contribution in [0, 0.1) is 0 Å². The van der Waals surface area contributed by atoms with Gasteiger partial charge in [0.2, 0.25) is 6.04 Å². The number of hydrogen-bond donors (Lipinski definition) is 0. The maximum absolute atomic E-state index is 13.0. The number of ether oxygens (including phenoxy) is 4. The molecule has 0 heterocycles. The van der Waals surface area contributed by atoms with Gasteiger partial charge in [0.15, 0.2) is 5.78 Å². The third-order valence-electron chi connectivity index (χ3n) is 4.13. The Kier molecular flexibility index (Phi) is 8.47. The molecule has 1 amide bonds. The van der Waals surface area contributed by atoms with Crippen molar-refractivity contribution in [3.8, 4) is 23.0 Å². The van der Waals surface area contributed by atoms with E-state index in [0.717, 1.165) is 4.42 Å². The first-order valence-corrected chi connectivity index (χ1v) is 9.54. The molecule has 0 radical (unpaired) electrons. The minimum Gasteiger partial charge on any atom is -0.495 e. The number of amides is 1. The summed E-state index contributed by atoms with van der Waals surface area (Å²) in [6.45, 7) is 1.20. The molecular weight excluding hydrogens is 449 g/mol. The molecule has 0 aromatic heterocycles. The van der Waals surface area contributed by atoms with Gasteiger partial charge in [-0.25, -0.2) is 4.42 Å². The highest BCUT2D eigenvalue weighted by Gasteiger charge is 2.32. The number of carbonyl (C=O) groups excluding carboxylic acids is 2. The maximum Gasteiger partial charge on any atom is 0.276 e. The second kappa shape index (κ2) is 10.8. The van der Waals surface area contributed by atoms with Gasteiger partial charge in [0.25, 0.3) is 5.91 Å². The molecule has 0 aliphatic carbocycles. The normalized spacial score (nSPS) is 11.7. The number of methoxy groups -OCH3 is 4. The van der Waals surface area contributed by atoms with Gasteiger partial charge in [-0.1, -0.05) is 17.7 Å². The van der Waals surface area contributed by atoms with Crippen LogP contribution in [0.25, 0.3) is 0 Å². The molecule has 11 heteroatoms. The minimum absolute atomic E-state index is 0.135. The molecule has 1 unspecified atom stereocenters. The molecule has 0 bridgehead atoms. The summed E-state index contributed by atoms with van der Waals surface area (Å²) in [5.41, 5.74) is 0.392. The SMILES string of the molecule is COc1cc(N=NC(C(C)=O)C(=O)N(Cl)c2c(OC)cccc2OC)cc(OC)c1Cl. The number of carbonyl (C=O) groups is 2. The van der Waals surface area contributed by atoms with Gasteiger partial charge in [-0.2, -0.15) is 10.2 Å². The number of anilines is 1. The molecule has 0 N–H and O–H groups in total. The number of hydrogen-bond acceptors (Lipinski definition) is 8. The second-order valence-electron chi connectivity index (χ2n) is 6.02. The molecule has 0 aliphatic rings. The van der Waals surface area contributed by atoms with Crippen molar-refractivity contribution >= 4 is 46.4 Å². The molecule has 0 aliphatic heterocycles. The minimum atomic E-state index is -1.51. The molecule has 0 saturated carbocycles. The number of Topliss-reactive ketones (excluding diaryl/α,β-unsaturated/α-hetero) is 1. The lowest BCUT2D eigenvalue weighted by molar-refractivity contribution is -0.126. The van der Waals surface area contributed by atoms with Crippen LogP contribution in [0.3, 0.4) is 0 Å². The van der Waals surface area contributed by atoms with Gasteiger partial charge >= 0.3 is 0 Å². The molecule has 166 valence electrons. The Morgan fingerprint density at radius 1 is 0.935 bits per heavy atom. The predicted molar refractivity (Wildman–Crippen MR) is 116 cm³/mol. The Balaban J connectivity index is 2.42. The van der Waals surface area contributed by atoms with E-state index in [2.05, 4.69) is 10.2 Å². The Labute approximate surface area is 189 Å². The second-order valence-corrected chi connectivity index (χ2v) is 6.74. The maximum atomic E-state index is 13.0. The molecular formula is C20H21Cl2N3O6. The fourth-order valence-electron chi connectivity index (χ4n) is 2.58. The van der Waals surface area contributed by atoms with Crippen molar-refractivity contribution in [2.45, 2.75) is 13.0 Å². The summed E-state index contributed by atoms with van der Waals surface area (Å²) in [6.07, 6.45) is 0. The molecule has 1 atom stereocenters. The van der Waals surface area contributed by atoms with Crippen LogP contribution >= 0.6 is 23.4 Å². The summed E-state index contributed by atoms with van der Waals surface area (Å²) >= 11 is 12.4. The Morgan fingerprint density at radius 2 is 1.42 bits per heavy atom. The van der Waals surface area contributed by atoms with Gasteiger partial charge in [-0.3, -0.25) is 9.59 Å². The van der Waals surface area contributed by atoms with Gasteiger partial charge < -0.3 is 18.9 Å². The topological polar surface area (TPSA) is 99.0 Å². The number of benzene rings is 2.